The number of amides is 1. The van der Waals surface area contributed by atoms with Crippen LogP contribution in [0.2, 0.25) is 5.02 Å². The van der Waals surface area contributed by atoms with Crippen LogP contribution in [0, 0.1) is 0 Å². The van der Waals surface area contributed by atoms with E-state index in [4.69, 9.17) is 21.1 Å². The maximum Gasteiger partial charge on any atom is 0.224 e. The number of hydrogen-bond acceptors (Lipinski definition) is 4. The van der Waals surface area contributed by atoms with E-state index in [-0.39, 0.29) is 5.91 Å². The third-order valence-corrected chi connectivity index (χ3v) is 3.54. The molecule has 1 rings (SSSR count). The number of hydrogen-bond donors (Lipinski definition) is 1. The van der Waals surface area contributed by atoms with Gasteiger partial charge >= 0.3 is 0 Å². The van der Waals surface area contributed by atoms with Crippen molar-refractivity contribution in [2.45, 2.75) is 20.3 Å². The van der Waals surface area contributed by atoms with Crippen molar-refractivity contribution in [1.82, 2.24) is 4.90 Å². The first-order valence-corrected chi connectivity index (χ1v) is 7.38. The Morgan fingerprint density at radius 1 is 1.19 bits per heavy atom. The molecule has 0 heterocycles. The summed E-state index contributed by atoms with van der Waals surface area (Å²) in [6.07, 6.45) is 0.426. The van der Waals surface area contributed by atoms with E-state index in [1.165, 1.54) is 0 Å². The van der Waals surface area contributed by atoms with Crippen LogP contribution in [0.25, 0.3) is 0 Å². The van der Waals surface area contributed by atoms with Crippen molar-refractivity contribution < 1.29 is 14.3 Å². The van der Waals surface area contributed by atoms with Gasteiger partial charge in [0.05, 0.1) is 24.9 Å². The average molecular weight is 315 g/mol. The summed E-state index contributed by atoms with van der Waals surface area (Å²) in [6, 6.07) is 3.46. The van der Waals surface area contributed by atoms with Crippen molar-refractivity contribution in [2.75, 3.05) is 39.2 Å². The molecule has 0 bridgehead atoms. The highest BCUT2D eigenvalue weighted by molar-refractivity contribution is 6.32. The van der Waals surface area contributed by atoms with Crippen molar-refractivity contribution in [3.63, 3.8) is 0 Å². The van der Waals surface area contributed by atoms with Gasteiger partial charge in [0.25, 0.3) is 0 Å². The summed E-state index contributed by atoms with van der Waals surface area (Å²) in [5.74, 6) is 1.32. The molecular weight excluding hydrogens is 292 g/mol. The fourth-order valence-electron chi connectivity index (χ4n) is 2.04. The molecule has 0 radical (unpaired) electrons. The summed E-state index contributed by atoms with van der Waals surface area (Å²) < 4.78 is 10.5. The third kappa shape index (κ3) is 4.70. The fraction of sp³-hybridized carbons (Fsp3) is 0.533. The van der Waals surface area contributed by atoms with Gasteiger partial charge in [0, 0.05) is 38.2 Å². The lowest BCUT2D eigenvalue weighted by molar-refractivity contribution is -0.130. The van der Waals surface area contributed by atoms with Gasteiger partial charge < -0.3 is 19.7 Å². The maximum atomic E-state index is 11.9. The Bertz CT molecular complexity index is 476. The fourth-order valence-corrected chi connectivity index (χ4v) is 2.27. The molecule has 1 N–H and O–H groups in total. The quantitative estimate of drug-likeness (QED) is 0.801. The monoisotopic (exact) mass is 314 g/mol. The molecule has 0 saturated heterocycles. The Balaban J connectivity index is 2.68. The molecule has 0 aliphatic heterocycles. The van der Waals surface area contributed by atoms with Crippen molar-refractivity contribution in [2.24, 2.45) is 0 Å². The Morgan fingerprint density at radius 3 is 2.33 bits per heavy atom. The van der Waals surface area contributed by atoms with Gasteiger partial charge in [0.2, 0.25) is 5.91 Å². The second-order valence-corrected chi connectivity index (χ2v) is 4.84. The summed E-state index contributed by atoms with van der Waals surface area (Å²) in [5, 5.41) is 3.67. The van der Waals surface area contributed by atoms with Crippen molar-refractivity contribution >= 4 is 23.2 Å². The molecule has 5 nitrogen and oxygen atoms in total. The molecule has 21 heavy (non-hydrogen) atoms. The van der Waals surface area contributed by atoms with E-state index in [9.17, 15) is 4.79 Å². The number of anilines is 1. The highest BCUT2D eigenvalue weighted by Gasteiger charge is 2.12. The van der Waals surface area contributed by atoms with E-state index >= 15 is 0 Å². The van der Waals surface area contributed by atoms with Crippen LogP contribution < -0.4 is 14.8 Å². The summed E-state index contributed by atoms with van der Waals surface area (Å²) in [7, 11) is 3.13. The second kappa shape index (κ2) is 8.62. The maximum absolute atomic E-state index is 11.9. The standard InChI is InChI=1S/C15H23ClN2O3/c1-5-18(6-2)15(19)7-8-17-12-10-13(20-3)11(16)9-14(12)21-4/h9-10,17H,5-8H2,1-4H3. The minimum absolute atomic E-state index is 0.132. The molecule has 0 saturated carbocycles. The van der Waals surface area contributed by atoms with Crippen LogP contribution in [0.3, 0.4) is 0 Å². The number of methoxy groups -OCH3 is 2. The van der Waals surface area contributed by atoms with E-state index in [0.717, 1.165) is 18.8 Å². The van der Waals surface area contributed by atoms with Crippen molar-refractivity contribution in [1.29, 1.82) is 0 Å². The van der Waals surface area contributed by atoms with Gasteiger partial charge in [-0.2, -0.15) is 0 Å². The molecular formula is C15H23ClN2O3. The van der Waals surface area contributed by atoms with E-state index in [2.05, 4.69) is 5.32 Å². The van der Waals surface area contributed by atoms with Crippen LogP contribution in [-0.4, -0.2) is 44.7 Å². The molecule has 1 amide bonds. The van der Waals surface area contributed by atoms with Gasteiger partial charge in [-0.1, -0.05) is 11.6 Å². The Kier molecular flexibility index (Phi) is 7.15. The molecule has 118 valence electrons. The molecule has 0 atom stereocenters. The molecule has 0 fully saturated rings. The number of nitrogens with one attached hydrogen (secondary N) is 1. The first kappa shape index (κ1) is 17.4. The van der Waals surface area contributed by atoms with Crippen LogP contribution in [0.5, 0.6) is 11.5 Å². The van der Waals surface area contributed by atoms with Gasteiger partial charge in [0.15, 0.2) is 0 Å². The Hall–Kier alpha value is -1.62. The zero-order chi connectivity index (χ0) is 15.8. The van der Waals surface area contributed by atoms with Gasteiger partial charge in [-0.05, 0) is 13.8 Å². The van der Waals surface area contributed by atoms with E-state index < -0.39 is 0 Å². The number of halogens is 1. The van der Waals surface area contributed by atoms with Crippen LogP contribution in [0.1, 0.15) is 20.3 Å². The normalized spacial score (nSPS) is 10.1. The molecule has 1 aromatic carbocycles. The topological polar surface area (TPSA) is 50.8 Å². The zero-order valence-corrected chi connectivity index (χ0v) is 13.8. The summed E-state index contributed by atoms with van der Waals surface area (Å²) in [6.45, 7) is 5.93. The summed E-state index contributed by atoms with van der Waals surface area (Å²) in [4.78, 5) is 13.7. The van der Waals surface area contributed by atoms with Gasteiger partial charge in [-0.25, -0.2) is 0 Å². The van der Waals surface area contributed by atoms with Gasteiger partial charge in [-0.15, -0.1) is 0 Å². The molecule has 0 aromatic heterocycles. The molecule has 0 aliphatic rings. The number of carbonyl (C=O) groups excluding carboxylic acids is 1. The lowest BCUT2D eigenvalue weighted by atomic mass is 10.2. The Morgan fingerprint density at radius 2 is 1.81 bits per heavy atom. The predicted molar refractivity (Wildman–Crippen MR) is 85.6 cm³/mol. The summed E-state index contributed by atoms with van der Waals surface area (Å²) in [5.41, 5.74) is 0.756. The minimum atomic E-state index is 0.132. The number of carbonyl (C=O) groups is 1. The number of benzene rings is 1. The number of nitrogens with zero attached hydrogens (tertiary/aromatic N) is 1. The largest absolute Gasteiger partial charge is 0.495 e. The lowest BCUT2D eigenvalue weighted by Crippen LogP contribution is -2.31. The first-order chi connectivity index (χ1) is 10.1. The van der Waals surface area contributed by atoms with E-state index in [1.807, 2.05) is 13.8 Å². The molecule has 0 unspecified atom stereocenters. The average Bonchev–Trinajstić information content (AvgIpc) is 2.49. The highest BCUT2D eigenvalue weighted by Crippen LogP contribution is 2.35. The van der Waals surface area contributed by atoms with Crippen LogP contribution >= 0.6 is 11.6 Å². The number of rotatable bonds is 8. The molecule has 0 spiro atoms. The smallest absolute Gasteiger partial charge is 0.224 e. The van der Waals surface area contributed by atoms with Gasteiger partial charge in [-0.3, -0.25) is 4.79 Å². The van der Waals surface area contributed by atoms with Crippen molar-refractivity contribution in [3.8, 4) is 11.5 Å². The lowest BCUT2D eigenvalue weighted by Gasteiger charge is -2.19. The second-order valence-electron chi connectivity index (χ2n) is 4.43. The SMILES string of the molecule is CCN(CC)C(=O)CCNc1cc(OC)c(Cl)cc1OC. The molecule has 1 aromatic rings. The Labute approximate surface area is 131 Å². The van der Waals surface area contributed by atoms with Crippen LogP contribution in [0.15, 0.2) is 12.1 Å². The van der Waals surface area contributed by atoms with Crippen LogP contribution in [-0.2, 0) is 4.79 Å². The molecule has 6 heteroatoms. The van der Waals surface area contributed by atoms with E-state index in [0.29, 0.717) is 29.5 Å². The summed E-state index contributed by atoms with van der Waals surface area (Å²) >= 11 is 6.05. The van der Waals surface area contributed by atoms with Crippen molar-refractivity contribution in [3.05, 3.63) is 17.2 Å². The number of ether oxygens (including phenoxy) is 2. The van der Waals surface area contributed by atoms with E-state index in [1.54, 1.807) is 31.3 Å². The van der Waals surface area contributed by atoms with Gasteiger partial charge in [0.1, 0.15) is 11.5 Å². The molecule has 0 aliphatic carbocycles. The minimum Gasteiger partial charge on any atom is -0.495 e. The predicted octanol–water partition coefficient (Wildman–Crippen LogP) is 3.03. The first-order valence-electron chi connectivity index (χ1n) is 7.00. The highest BCUT2D eigenvalue weighted by atomic mass is 35.5. The van der Waals surface area contributed by atoms with Crippen LogP contribution in [0.4, 0.5) is 5.69 Å². The zero-order valence-electron chi connectivity index (χ0n) is 13.0. The third-order valence-electron chi connectivity index (χ3n) is 3.24.